The highest BCUT2D eigenvalue weighted by Gasteiger charge is 2.25. The lowest BCUT2D eigenvalue weighted by molar-refractivity contribution is 0.587. The summed E-state index contributed by atoms with van der Waals surface area (Å²) < 4.78 is 4.90. The Morgan fingerprint density at radius 2 is 1.59 bits per heavy atom. The van der Waals surface area contributed by atoms with Gasteiger partial charge < -0.3 is 0 Å². The summed E-state index contributed by atoms with van der Waals surface area (Å²) in [6, 6.07) is 32.7. The summed E-state index contributed by atoms with van der Waals surface area (Å²) in [6.45, 7) is 9.06. The molecule has 0 fully saturated rings. The van der Waals surface area contributed by atoms with E-state index in [9.17, 15) is 0 Å². The van der Waals surface area contributed by atoms with Crippen molar-refractivity contribution < 1.29 is 0 Å². The van der Waals surface area contributed by atoms with E-state index >= 15 is 0 Å². The lowest BCUT2D eigenvalue weighted by Gasteiger charge is -2.25. The van der Waals surface area contributed by atoms with Gasteiger partial charge in [0.25, 0.3) is 0 Å². The molecule has 0 radical (unpaired) electrons. The van der Waals surface area contributed by atoms with Gasteiger partial charge in [0.05, 0.1) is 22.9 Å². The van der Waals surface area contributed by atoms with Crippen molar-refractivity contribution in [1.82, 2.24) is 14.5 Å². The van der Waals surface area contributed by atoms with Crippen molar-refractivity contribution in [2.45, 2.75) is 33.1 Å². The van der Waals surface area contributed by atoms with E-state index in [0.29, 0.717) is 0 Å². The molecule has 0 aliphatic carbocycles. The van der Waals surface area contributed by atoms with Gasteiger partial charge in [-0.1, -0.05) is 81.4 Å². The van der Waals surface area contributed by atoms with Crippen LogP contribution in [-0.4, -0.2) is 14.5 Å². The number of imidazole rings is 1. The van der Waals surface area contributed by atoms with Crippen LogP contribution >= 0.6 is 11.3 Å². The van der Waals surface area contributed by atoms with Crippen molar-refractivity contribution in [2.75, 3.05) is 0 Å². The van der Waals surface area contributed by atoms with Gasteiger partial charge in [-0.3, -0.25) is 9.55 Å². The van der Waals surface area contributed by atoms with Crippen molar-refractivity contribution in [2.24, 2.45) is 0 Å². The maximum Gasteiger partial charge on any atom is 0.147 e. The van der Waals surface area contributed by atoms with Gasteiger partial charge in [0.15, 0.2) is 0 Å². The smallest absolute Gasteiger partial charge is 0.147 e. The van der Waals surface area contributed by atoms with Crippen LogP contribution in [0.1, 0.15) is 31.9 Å². The van der Waals surface area contributed by atoms with Gasteiger partial charge in [-0.05, 0) is 64.9 Å². The number of fused-ring (bicyclic) bond motifs is 4. The van der Waals surface area contributed by atoms with Crippen LogP contribution in [0.3, 0.4) is 0 Å². The van der Waals surface area contributed by atoms with Gasteiger partial charge in [0, 0.05) is 31.9 Å². The Morgan fingerprint density at radius 1 is 0.795 bits per heavy atom. The van der Waals surface area contributed by atoms with Gasteiger partial charge in [-0.2, -0.15) is 0 Å². The normalized spacial score (nSPS) is 12.1. The molecule has 0 unspecified atom stereocenters. The number of aromatic nitrogens is 3. The van der Waals surface area contributed by atoms with E-state index in [1.54, 1.807) is 0 Å². The average Bonchev–Trinajstić information content (AvgIpc) is 3.52. The number of pyridine rings is 1. The highest BCUT2D eigenvalue weighted by atomic mass is 32.1. The summed E-state index contributed by atoms with van der Waals surface area (Å²) >= 11 is 1.85. The summed E-state index contributed by atoms with van der Waals surface area (Å²) in [7, 11) is 0. The molecular formula is C35H29N3S. The Labute approximate surface area is 232 Å². The average molecular weight is 524 g/mol. The monoisotopic (exact) mass is 523 g/mol. The maximum atomic E-state index is 5.24. The lowest BCUT2D eigenvalue weighted by Crippen LogP contribution is -2.16. The Hall–Kier alpha value is -4.28. The number of aryl methyl sites for hydroxylation is 1. The number of hydrogen-bond donors (Lipinski definition) is 0. The van der Waals surface area contributed by atoms with Crippen LogP contribution in [0.4, 0.5) is 0 Å². The minimum atomic E-state index is -0.0869. The molecule has 39 heavy (non-hydrogen) atoms. The first-order valence-corrected chi connectivity index (χ1v) is 14.2. The first kappa shape index (κ1) is 23.8. The summed E-state index contributed by atoms with van der Waals surface area (Å²) in [5.74, 6) is 0.951. The van der Waals surface area contributed by atoms with E-state index in [1.807, 2.05) is 29.8 Å². The first-order valence-electron chi connectivity index (χ1n) is 13.3. The number of hydrogen-bond acceptors (Lipinski definition) is 3. The first-order chi connectivity index (χ1) is 18.9. The molecule has 4 heteroatoms. The third-order valence-electron chi connectivity index (χ3n) is 7.58. The van der Waals surface area contributed by atoms with Gasteiger partial charge in [0.2, 0.25) is 0 Å². The molecule has 190 valence electrons. The third-order valence-corrected chi connectivity index (χ3v) is 8.79. The predicted molar refractivity (Wildman–Crippen MR) is 166 cm³/mol. The van der Waals surface area contributed by atoms with Crippen LogP contribution in [0.25, 0.3) is 59.4 Å². The molecular weight excluding hydrogens is 494 g/mol. The van der Waals surface area contributed by atoms with E-state index in [1.165, 1.54) is 42.4 Å². The number of benzene rings is 4. The molecule has 0 atom stereocenters. The fourth-order valence-electron chi connectivity index (χ4n) is 5.66. The highest BCUT2D eigenvalue weighted by molar-refractivity contribution is 7.26. The second kappa shape index (κ2) is 8.89. The van der Waals surface area contributed by atoms with Crippen molar-refractivity contribution >= 4 is 42.5 Å². The van der Waals surface area contributed by atoms with Crippen LogP contribution in [0, 0.1) is 6.92 Å². The molecule has 3 aromatic heterocycles. The quantitative estimate of drug-likeness (QED) is 0.231. The zero-order chi connectivity index (χ0) is 26.7. The number of rotatable bonds is 3. The Balaban J connectivity index is 1.56. The molecule has 0 saturated heterocycles. The topological polar surface area (TPSA) is 30.7 Å². The summed E-state index contributed by atoms with van der Waals surface area (Å²) in [5, 5.41) is 2.63. The van der Waals surface area contributed by atoms with E-state index in [-0.39, 0.29) is 5.41 Å². The van der Waals surface area contributed by atoms with Crippen LogP contribution < -0.4 is 0 Å². The molecule has 0 N–H and O–H groups in total. The van der Waals surface area contributed by atoms with Crippen LogP contribution in [0.15, 0.2) is 103 Å². The lowest BCUT2D eigenvalue weighted by atomic mass is 9.84. The van der Waals surface area contributed by atoms with Gasteiger partial charge in [-0.15, -0.1) is 11.3 Å². The molecule has 0 aliphatic rings. The molecule has 0 amide bonds. The zero-order valence-electron chi connectivity index (χ0n) is 22.6. The molecule has 3 nitrogen and oxygen atoms in total. The zero-order valence-corrected chi connectivity index (χ0v) is 23.4. The number of nitrogens with zero attached hydrogens (tertiary/aromatic N) is 3. The molecule has 0 aliphatic heterocycles. The van der Waals surface area contributed by atoms with E-state index < -0.39 is 0 Å². The molecule has 7 aromatic rings. The minimum Gasteiger partial charge on any atom is -0.290 e. The van der Waals surface area contributed by atoms with Crippen LogP contribution in [-0.2, 0) is 5.41 Å². The predicted octanol–water partition coefficient (Wildman–Crippen LogP) is 9.73. The highest BCUT2D eigenvalue weighted by Crippen LogP contribution is 2.43. The summed E-state index contributed by atoms with van der Waals surface area (Å²) in [6.07, 6.45) is 3.77. The second-order valence-corrected chi connectivity index (χ2v) is 12.3. The fraction of sp³-hybridized carbons (Fsp3) is 0.143. The molecule has 0 saturated carbocycles. The van der Waals surface area contributed by atoms with Crippen molar-refractivity contribution in [3.8, 4) is 28.2 Å². The van der Waals surface area contributed by atoms with Gasteiger partial charge >= 0.3 is 0 Å². The van der Waals surface area contributed by atoms with Crippen molar-refractivity contribution in [3.63, 3.8) is 0 Å². The minimum absolute atomic E-state index is 0.0869. The molecule has 0 bridgehead atoms. The van der Waals surface area contributed by atoms with Crippen molar-refractivity contribution in [1.29, 1.82) is 0 Å². The Bertz CT molecular complexity index is 2010. The van der Waals surface area contributed by atoms with E-state index in [0.717, 1.165) is 28.1 Å². The van der Waals surface area contributed by atoms with Gasteiger partial charge in [0.1, 0.15) is 5.82 Å². The fourth-order valence-corrected chi connectivity index (χ4v) is 6.95. The standard InChI is InChI=1S/C35H29N3S/c1-22-14-16-26(33-32(22)25-12-8-9-13-31(25)39-33)34-37-28-18-19-36-21-30(28)38(34)29-17-15-24(20-27(29)35(2,3)4)23-10-6-5-7-11-23/h5-21H,1-4H3. The van der Waals surface area contributed by atoms with Gasteiger partial charge in [-0.25, -0.2) is 4.98 Å². The van der Waals surface area contributed by atoms with Crippen LogP contribution in [0.5, 0.6) is 0 Å². The van der Waals surface area contributed by atoms with Crippen LogP contribution in [0.2, 0.25) is 0 Å². The SMILES string of the molecule is Cc1ccc(-c2nc3ccncc3n2-c2ccc(-c3ccccc3)cc2C(C)(C)C)c2sc3ccccc3c12. The van der Waals surface area contributed by atoms with E-state index in [4.69, 9.17) is 4.98 Å². The number of thiophene rings is 1. The van der Waals surface area contributed by atoms with Crippen molar-refractivity contribution in [3.05, 3.63) is 115 Å². The Morgan fingerprint density at radius 3 is 2.41 bits per heavy atom. The molecule has 7 rings (SSSR count). The molecule has 3 heterocycles. The summed E-state index contributed by atoms with van der Waals surface area (Å²) in [5.41, 5.74) is 9.17. The Kier molecular flexibility index (Phi) is 5.43. The maximum absolute atomic E-state index is 5.24. The molecule has 0 spiro atoms. The van der Waals surface area contributed by atoms with E-state index in [2.05, 4.69) is 122 Å². The summed E-state index contributed by atoms with van der Waals surface area (Å²) in [4.78, 5) is 9.76. The second-order valence-electron chi connectivity index (χ2n) is 11.2. The molecule has 4 aromatic carbocycles. The third kappa shape index (κ3) is 3.86. The largest absolute Gasteiger partial charge is 0.290 e.